The van der Waals surface area contributed by atoms with Gasteiger partial charge in [0.15, 0.2) is 5.96 Å². The van der Waals surface area contributed by atoms with E-state index in [1.54, 1.807) is 25.3 Å². The molecule has 1 aromatic carbocycles. The number of hydrogen-bond acceptors (Lipinski definition) is 4. The zero-order valence-corrected chi connectivity index (χ0v) is 16.8. The molecule has 1 atom stereocenters. The third kappa shape index (κ3) is 6.73. The third-order valence-electron chi connectivity index (χ3n) is 4.40. The van der Waals surface area contributed by atoms with Gasteiger partial charge in [-0.05, 0) is 50.7 Å². The zero-order chi connectivity index (χ0) is 19.7. The van der Waals surface area contributed by atoms with E-state index in [-0.39, 0.29) is 0 Å². The summed E-state index contributed by atoms with van der Waals surface area (Å²) < 4.78 is 5.32. The van der Waals surface area contributed by atoms with E-state index in [1.165, 1.54) is 5.56 Å². The molecule has 0 spiro atoms. The van der Waals surface area contributed by atoms with Crippen molar-refractivity contribution in [3.8, 4) is 0 Å². The highest BCUT2D eigenvalue weighted by Crippen LogP contribution is 2.19. The molecular formula is C21H32N4O2. The predicted molar refractivity (Wildman–Crippen MR) is 110 cm³/mol. The topological polar surface area (TPSA) is 73.0 Å². The van der Waals surface area contributed by atoms with E-state index < -0.39 is 5.60 Å². The van der Waals surface area contributed by atoms with Gasteiger partial charge in [-0.2, -0.15) is 0 Å². The lowest BCUT2D eigenvalue weighted by atomic mass is 10.0. The molecule has 0 radical (unpaired) electrons. The van der Waals surface area contributed by atoms with Crippen LogP contribution in [0.3, 0.4) is 0 Å². The fraction of sp³-hybridized carbons (Fsp3) is 0.476. The van der Waals surface area contributed by atoms with Crippen molar-refractivity contribution in [2.75, 3.05) is 26.7 Å². The number of aliphatic imine (C=N–C) groups is 1. The van der Waals surface area contributed by atoms with Gasteiger partial charge >= 0.3 is 0 Å². The van der Waals surface area contributed by atoms with E-state index in [1.807, 2.05) is 6.92 Å². The van der Waals surface area contributed by atoms with Crippen LogP contribution in [0.5, 0.6) is 0 Å². The molecule has 0 aliphatic carbocycles. The van der Waals surface area contributed by atoms with Crippen molar-refractivity contribution >= 4 is 5.96 Å². The number of benzene rings is 1. The highest BCUT2D eigenvalue weighted by Gasteiger charge is 2.26. The minimum atomic E-state index is -1.11. The molecule has 0 aliphatic heterocycles. The summed E-state index contributed by atoms with van der Waals surface area (Å²) in [5, 5.41) is 17.0. The maximum absolute atomic E-state index is 10.6. The number of aliphatic hydroxyl groups is 1. The molecule has 1 unspecified atom stereocenters. The second-order valence-electron chi connectivity index (χ2n) is 6.95. The first-order valence-electron chi connectivity index (χ1n) is 9.49. The van der Waals surface area contributed by atoms with Crippen LogP contribution in [-0.2, 0) is 18.7 Å². The van der Waals surface area contributed by atoms with Crippen molar-refractivity contribution in [1.82, 2.24) is 15.5 Å². The van der Waals surface area contributed by atoms with Crippen LogP contribution in [0.1, 0.15) is 37.7 Å². The maximum atomic E-state index is 10.6. The number of rotatable bonds is 9. The lowest BCUT2D eigenvalue weighted by Gasteiger charge is -2.22. The summed E-state index contributed by atoms with van der Waals surface area (Å²) in [5.41, 5.74) is 1.34. The van der Waals surface area contributed by atoms with Gasteiger partial charge in [-0.3, -0.25) is 0 Å². The molecule has 148 valence electrons. The van der Waals surface area contributed by atoms with Crippen molar-refractivity contribution in [1.29, 1.82) is 0 Å². The Hall–Kier alpha value is -2.31. The Morgan fingerprint density at radius 1 is 1.19 bits per heavy atom. The first-order valence-corrected chi connectivity index (χ1v) is 9.49. The molecule has 0 saturated carbocycles. The maximum Gasteiger partial charge on any atom is 0.191 e. The van der Waals surface area contributed by atoms with Crippen LogP contribution in [0.25, 0.3) is 0 Å². The molecule has 3 N–H and O–H groups in total. The molecule has 6 heteroatoms. The van der Waals surface area contributed by atoms with Crippen molar-refractivity contribution in [3.05, 3.63) is 59.5 Å². The molecule has 6 nitrogen and oxygen atoms in total. The third-order valence-corrected chi connectivity index (χ3v) is 4.40. The number of nitrogens with zero attached hydrogens (tertiary/aromatic N) is 2. The molecule has 0 saturated heterocycles. The number of nitrogens with one attached hydrogen (secondary N) is 2. The van der Waals surface area contributed by atoms with Gasteiger partial charge in [-0.1, -0.05) is 31.2 Å². The molecule has 0 aliphatic rings. The van der Waals surface area contributed by atoms with Crippen LogP contribution in [0.2, 0.25) is 0 Å². The quantitative estimate of drug-likeness (QED) is 0.466. The smallest absolute Gasteiger partial charge is 0.191 e. The van der Waals surface area contributed by atoms with E-state index in [4.69, 9.17) is 4.42 Å². The monoisotopic (exact) mass is 372 g/mol. The van der Waals surface area contributed by atoms with Crippen LogP contribution in [0.4, 0.5) is 0 Å². The Labute approximate surface area is 162 Å². The Bertz CT molecular complexity index is 711. The van der Waals surface area contributed by atoms with Crippen molar-refractivity contribution < 1.29 is 9.52 Å². The van der Waals surface area contributed by atoms with Gasteiger partial charge in [0.05, 0.1) is 19.4 Å². The van der Waals surface area contributed by atoms with E-state index in [9.17, 15) is 5.11 Å². The van der Waals surface area contributed by atoms with Crippen molar-refractivity contribution in [2.45, 2.75) is 39.5 Å². The Kier molecular flexibility index (Phi) is 7.88. The molecule has 27 heavy (non-hydrogen) atoms. The lowest BCUT2D eigenvalue weighted by molar-refractivity contribution is 0.0386. The molecule has 1 aromatic heterocycles. The molecule has 0 bridgehead atoms. The van der Waals surface area contributed by atoms with Gasteiger partial charge in [0.25, 0.3) is 0 Å². The van der Waals surface area contributed by atoms with Gasteiger partial charge in [-0.15, -0.1) is 0 Å². The summed E-state index contributed by atoms with van der Waals surface area (Å²) in [4.78, 5) is 6.92. The average molecular weight is 373 g/mol. The Morgan fingerprint density at radius 3 is 2.63 bits per heavy atom. The van der Waals surface area contributed by atoms with Gasteiger partial charge in [0.1, 0.15) is 11.4 Å². The van der Waals surface area contributed by atoms with E-state index >= 15 is 0 Å². The van der Waals surface area contributed by atoms with Crippen LogP contribution in [0.15, 0.2) is 52.1 Å². The number of guanidine groups is 1. The fourth-order valence-electron chi connectivity index (χ4n) is 2.69. The molecule has 0 fully saturated rings. The first-order chi connectivity index (χ1) is 12.9. The van der Waals surface area contributed by atoms with Crippen molar-refractivity contribution in [3.63, 3.8) is 0 Å². The second kappa shape index (κ2) is 10.1. The number of hydrogen-bond donors (Lipinski definition) is 3. The fourth-order valence-corrected chi connectivity index (χ4v) is 2.69. The summed E-state index contributed by atoms with van der Waals surface area (Å²) in [7, 11) is 2.11. The summed E-state index contributed by atoms with van der Waals surface area (Å²) in [6.07, 6.45) is 1.56. The largest absolute Gasteiger partial charge is 0.466 e. The number of furan rings is 1. The van der Waals surface area contributed by atoms with E-state index in [0.29, 0.717) is 24.8 Å². The highest BCUT2D eigenvalue weighted by molar-refractivity contribution is 5.79. The molecule has 1 heterocycles. The summed E-state index contributed by atoms with van der Waals surface area (Å²) in [6, 6.07) is 12.0. The standard InChI is InChI=1S/C21H32N4O2/c1-5-22-20(24-16-21(3,26)19-11-8-12-27-19)23-14-17-9-7-10-18(13-17)15-25(4)6-2/h7-13,26H,5-6,14-16H2,1-4H3,(H2,22,23,24). The van der Waals surface area contributed by atoms with Crippen LogP contribution in [-0.4, -0.2) is 42.6 Å². The van der Waals surface area contributed by atoms with Gasteiger partial charge < -0.3 is 25.1 Å². The SMILES string of the molecule is CCNC(=NCc1cccc(CN(C)CC)c1)NCC(C)(O)c1ccco1. The van der Waals surface area contributed by atoms with E-state index in [2.05, 4.69) is 58.8 Å². The van der Waals surface area contributed by atoms with Gasteiger partial charge in [0, 0.05) is 13.1 Å². The normalized spacial score (nSPS) is 14.2. The summed E-state index contributed by atoms with van der Waals surface area (Å²) >= 11 is 0. The Balaban J connectivity index is 1.99. The summed E-state index contributed by atoms with van der Waals surface area (Å²) in [5.74, 6) is 1.19. The second-order valence-corrected chi connectivity index (χ2v) is 6.95. The van der Waals surface area contributed by atoms with Crippen LogP contribution < -0.4 is 10.6 Å². The van der Waals surface area contributed by atoms with Crippen molar-refractivity contribution in [2.24, 2.45) is 4.99 Å². The predicted octanol–water partition coefficient (Wildman–Crippen LogP) is 2.69. The Morgan fingerprint density at radius 2 is 1.96 bits per heavy atom. The molecular weight excluding hydrogens is 340 g/mol. The zero-order valence-electron chi connectivity index (χ0n) is 16.8. The molecule has 2 aromatic rings. The first kappa shape index (κ1) is 21.0. The van der Waals surface area contributed by atoms with Gasteiger partial charge in [-0.25, -0.2) is 4.99 Å². The minimum absolute atomic E-state index is 0.299. The molecule has 0 amide bonds. The van der Waals surface area contributed by atoms with E-state index in [0.717, 1.165) is 25.2 Å². The minimum Gasteiger partial charge on any atom is -0.466 e. The highest BCUT2D eigenvalue weighted by atomic mass is 16.4. The van der Waals surface area contributed by atoms with Gasteiger partial charge in [0.2, 0.25) is 0 Å². The molecule has 2 rings (SSSR count). The summed E-state index contributed by atoms with van der Waals surface area (Å²) in [6.45, 7) is 9.45. The van der Waals surface area contributed by atoms with Crippen LogP contribution >= 0.6 is 0 Å². The van der Waals surface area contributed by atoms with Crippen LogP contribution in [0, 0.1) is 0 Å². The average Bonchev–Trinajstić information content (AvgIpc) is 3.20. The lowest BCUT2D eigenvalue weighted by Crippen LogP contribution is -2.44.